The SMILES string of the molecule is CC(C)(C)O.CC(C)(C)O.CC(C)(C)[CH]=[W]=[N]c1c(Cl)cccc1Cl.CC(C)(C)[CH]=[W]=[N]c1c(Cl)cccc1Cl.CC(C)(C)[CH]=[W]=[N]c1c(Cl)cccc1Cl.CC(C)(C)[CH]=[W]=[N]c1c(Cl)cccc1Cl.Cc1ccc(C)[n-]1.Cc1ccc(C)[n-]1.Oc1cccc2ccc3cccnc3c12.Oc1cccc2cccnc12.Oc1cccc2cccnc12.Oc1cccc2cccnc12. The molecule has 0 amide bonds. The zero-order chi connectivity index (χ0) is 98.7. The van der Waals surface area contributed by atoms with Gasteiger partial charge in [0, 0.05) is 51.7 Å². The molecule has 0 saturated carbocycles. The summed E-state index contributed by atoms with van der Waals surface area (Å²) in [6, 6.07) is 70.7. The van der Waals surface area contributed by atoms with Crippen molar-refractivity contribution in [2.45, 2.75) is 164 Å². The van der Waals surface area contributed by atoms with Crippen molar-refractivity contribution in [1.29, 1.82) is 0 Å². The second-order valence-electron chi connectivity index (χ2n) is 35.4. The van der Waals surface area contributed by atoms with Crippen LogP contribution in [0.2, 0.25) is 40.2 Å². The Hall–Kier alpha value is -7.69. The zero-order valence-electron chi connectivity index (χ0n) is 78.4. The fourth-order valence-corrected chi connectivity index (χ4v) is 22.8. The largest absolute Gasteiger partial charge is 0.665 e. The number of phenols is 4. The third kappa shape index (κ3) is 49.2. The minimum absolute atomic E-state index is 0.238. The van der Waals surface area contributed by atoms with Crippen LogP contribution >= 0.6 is 92.8 Å². The van der Waals surface area contributed by atoms with Crippen LogP contribution < -0.4 is 9.97 Å². The summed E-state index contributed by atoms with van der Waals surface area (Å²) in [6.07, 6.45) is 6.75. The molecule has 0 saturated heterocycles. The van der Waals surface area contributed by atoms with Crippen LogP contribution in [0.15, 0.2) is 269 Å². The Kier molecular flexibility index (Phi) is 51.3. The fraction of sp³-hybridized carbons (Fsp3) is 0.269. The summed E-state index contributed by atoms with van der Waals surface area (Å²) in [4.78, 5) is 24.6. The number of hydrogen-bond donors (Lipinski definition) is 6. The van der Waals surface area contributed by atoms with Crippen LogP contribution in [-0.4, -0.2) is 79.4 Å². The predicted octanol–water partition coefficient (Wildman–Crippen LogP) is 31.9. The van der Waals surface area contributed by atoms with E-state index in [4.69, 9.17) is 103 Å². The van der Waals surface area contributed by atoms with Gasteiger partial charge in [-0.2, -0.15) is 22.8 Å². The van der Waals surface area contributed by atoms with Crippen LogP contribution in [0, 0.1) is 49.4 Å². The molecule has 0 aliphatic carbocycles. The number of aromatic hydroxyl groups is 4. The first kappa shape index (κ1) is 117. The van der Waals surface area contributed by atoms with Crippen molar-refractivity contribution in [3.8, 4) is 23.0 Å². The van der Waals surface area contributed by atoms with E-state index in [1.54, 1.807) is 109 Å². The van der Waals surface area contributed by atoms with Gasteiger partial charge in [-0.15, -0.1) is 0 Å². The van der Waals surface area contributed by atoms with Gasteiger partial charge in [-0.1, -0.05) is 137 Å². The van der Waals surface area contributed by atoms with Crippen LogP contribution in [0.3, 0.4) is 0 Å². The van der Waals surface area contributed by atoms with Gasteiger partial charge in [0.2, 0.25) is 0 Å². The average molecular weight is 2620 g/mol. The van der Waals surface area contributed by atoms with Crippen molar-refractivity contribution in [2.75, 3.05) is 0 Å². The Balaban J connectivity index is 0.000000305. The van der Waals surface area contributed by atoms with Crippen molar-refractivity contribution >= 4 is 188 Å². The molecule has 132 heavy (non-hydrogen) atoms. The van der Waals surface area contributed by atoms with Gasteiger partial charge in [0.15, 0.2) is 0 Å². The molecule has 15 rings (SSSR count). The standard InChI is InChI=1S/C13H9NO.3C9H7NO.4C6H3Cl2N.2C6H8N.4C5H10.2C4H10O.4W/c15-11-5-1-3-9-6-7-10-4-2-8-14-13(10)12(9)11;3*11-8-5-1-3-7-4-2-6-10-9(7)8;4*7-4-2-1-3-5(8)6(4)9;2*1-5-3-4-6(2)7-5;4*1-5(2,3)4;2*1-4(2,3)5;;;;/h1-8,15H;3*1-6,11H;4*1-3H;2*3-4H,1-2H3;4*1H,2-4H3;2*5H,1-3H3;;;;/q;;;;;;;;2*-1;;;;;;;;;;. The third-order valence-corrected chi connectivity index (χ3v) is 33.5. The summed E-state index contributed by atoms with van der Waals surface area (Å²) < 4.78 is 27.3. The van der Waals surface area contributed by atoms with Crippen molar-refractivity contribution in [3.05, 3.63) is 318 Å². The van der Waals surface area contributed by atoms with E-state index >= 15 is 0 Å². The topological polar surface area (TPSA) is 251 Å². The smallest absolute Gasteiger partial charge is 0.141 e. The summed E-state index contributed by atoms with van der Waals surface area (Å²) in [6.45, 7) is 44.6. The Morgan fingerprint density at radius 1 is 0.250 bits per heavy atom. The zero-order valence-corrected chi connectivity index (χ0v) is 96.2. The number of aromatic nitrogens is 6. The average Bonchev–Trinajstić information content (AvgIpc) is 0.956. The van der Waals surface area contributed by atoms with Gasteiger partial charge in [-0.05, 0) is 95.5 Å². The number of para-hydroxylation sites is 3. The van der Waals surface area contributed by atoms with E-state index in [1.165, 1.54) is 0 Å². The van der Waals surface area contributed by atoms with E-state index in [0.717, 1.165) is 83.4 Å². The quantitative estimate of drug-likeness (QED) is 0.0900. The number of phenolic OH excluding ortho intramolecular Hbond substituents is 4. The van der Waals surface area contributed by atoms with E-state index in [0.29, 0.717) is 56.7 Å². The molecule has 0 bridgehead atoms. The summed E-state index contributed by atoms with van der Waals surface area (Å²) >= 11 is 44.7. The first-order chi connectivity index (χ1) is 61.7. The van der Waals surface area contributed by atoms with Gasteiger partial charge in [0.25, 0.3) is 0 Å². The van der Waals surface area contributed by atoms with Gasteiger partial charge in [0.1, 0.15) is 39.5 Å². The van der Waals surface area contributed by atoms with Crippen LogP contribution in [0.25, 0.3) is 54.4 Å². The first-order valence-corrected chi connectivity index (χ1v) is 56.4. The maximum atomic E-state index is 9.83. The molecule has 6 heterocycles. The number of hydrogen-bond acceptors (Lipinski definition) is 14. The molecule has 16 nitrogen and oxygen atoms in total. The molecule has 0 aliphatic heterocycles. The van der Waals surface area contributed by atoms with Gasteiger partial charge in [-0.25, -0.2) is 0 Å². The minimum atomic E-state index is -0.850. The van der Waals surface area contributed by atoms with Gasteiger partial charge >= 0.3 is 437 Å². The molecular weight excluding hydrogens is 2500 g/mol. The van der Waals surface area contributed by atoms with Crippen LogP contribution in [0.4, 0.5) is 22.7 Å². The number of aliphatic hydroxyl groups is 2. The molecular formula is C104H118Cl8N10O6W4-2. The maximum absolute atomic E-state index is 9.83. The van der Waals surface area contributed by atoms with Crippen molar-refractivity contribution in [1.82, 2.24) is 29.9 Å². The normalized spacial score (nSPS) is 10.7. The number of fused-ring (bicyclic) bond motifs is 6. The van der Waals surface area contributed by atoms with Gasteiger partial charge < -0.3 is 40.6 Å². The molecule has 15 aromatic rings. The number of aryl methyl sites for hydroxylation is 4. The Morgan fingerprint density at radius 3 is 0.636 bits per heavy atom. The second-order valence-corrected chi connectivity index (χ2v) is 47.7. The number of rotatable bonds is 4. The number of nitrogens with zero attached hydrogens (tertiary/aromatic N) is 10. The Bertz CT molecular complexity index is 5760. The first-order valence-electron chi connectivity index (χ1n) is 41.4. The van der Waals surface area contributed by atoms with Crippen molar-refractivity contribution in [2.24, 2.45) is 35.6 Å². The van der Waals surface area contributed by atoms with Gasteiger partial charge in [0.05, 0.1) is 16.7 Å². The second kappa shape index (κ2) is 58.0. The summed E-state index contributed by atoms with van der Waals surface area (Å²) in [5.74, 6) is 1.01. The number of pyridine rings is 4. The molecule has 28 heteroatoms. The van der Waals surface area contributed by atoms with E-state index in [2.05, 4.69) is 145 Å². The summed E-state index contributed by atoms with van der Waals surface area (Å²) in [7, 11) is 0. The minimum Gasteiger partial charge on any atom is -0.665 e. The molecule has 702 valence electrons. The Labute approximate surface area is 851 Å². The molecule has 9 aromatic carbocycles. The monoisotopic (exact) mass is 2620 g/mol. The molecule has 0 fully saturated rings. The van der Waals surface area contributed by atoms with Crippen molar-refractivity contribution in [3.63, 3.8) is 0 Å². The van der Waals surface area contributed by atoms with E-state index in [9.17, 15) is 20.4 Å². The molecule has 0 atom stereocenters. The molecule has 6 aromatic heterocycles. The van der Waals surface area contributed by atoms with Crippen molar-refractivity contribution < 1.29 is 102 Å². The third-order valence-electron chi connectivity index (χ3n) is 15.2. The number of halogens is 8. The maximum Gasteiger partial charge on any atom is 0.141 e. The van der Waals surface area contributed by atoms with Crippen LogP contribution in [0.1, 0.15) is 147 Å². The molecule has 6 N–H and O–H groups in total. The van der Waals surface area contributed by atoms with E-state index < -0.39 is 82.9 Å². The van der Waals surface area contributed by atoms with E-state index in [1.807, 2.05) is 216 Å². The Morgan fingerprint density at radius 2 is 0.432 bits per heavy atom. The predicted molar refractivity (Wildman–Crippen MR) is 550 cm³/mol. The van der Waals surface area contributed by atoms with Crippen LogP contribution in [-0.2, 0) is 71.7 Å². The summed E-state index contributed by atoms with van der Waals surface area (Å²) in [5.41, 5.74) is 10.3. The molecule has 0 spiro atoms. The fourth-order valence-electron chi connectivity index (χ4n) is 9.60. The molecule has 0 unspecified atom stereocenters. The van der Waals surface area contributed by atoms with Gasteiger partial charge in [-0.3, -0.25) is 19.9 Å². The van der Waals surface area contributed by atoms with Crippen LogP contribution in [0.5, 0.6) is 23.0 Å². The molecule has 0 radical (unpaired) electrons. The van der Waals surface area contributed by atoms with E-state index in [-0.39, 0.29) is 44.7 Å². The number of benzene rings is 9. The molecule has 0 aliphatic rings. The summed E-state index contributed by atoms with van der Waals surface area (Å²) in [5, 5.41) is 65.7.